The van der Waals surface area contributed by atoms with Crippen LogP contribution >= 0.6 is 0 Å². The van der Waals surface area contributed by atoms with E-state index in [-0.39, 0.29) is 0 Å². The van der Waals surface area contributed by atoms with Crippen molar-refractivity contribution in [1.29, 1.82) is 0 Å². The Balaban J connectivity index is 1.64. The van der Waals surface area contributed by atoms with Crippen LogP contribution in [-0.4, -0.2) is 11.3 Å². The van der Waals surface area contributed by atoms with Crippen molar-refractivity contribution in [2.75, 3.05) is 7.11 Å². The van der Waals surface area contributed by atoms with Gasteiger partial charge in [0.1, 0.15) is 23.0 Å². The smallest absolute Gasteiger partial charge is 0.240 e. The zero-order valence-corrected chi connectivity index (χ0v) is 14.8. The molecule has 5 heteroatoms. The van der Waals surface area contributed by atoms with Crippen LogP contribution < -0.4 is 13.7 Å². The topological polar surface area (TPSA) is 44.8 Å². The van der Waals surface area contributed by atoms with E-state index < -0.39 is 11.1 Å². The summed E-state index contributed by atoms with van der Waals surface area (Å²) in [6.45, 7) is 2.02. The molecule has 0 amide bonds. The summed E-state index contributed by atoms with van der Waals surface area (Å²) >= 11 is -1.60. The van der Waals surface area contributed by atoms with Crippen molar-refractivity contribution in [3.05, 3.63) is 78.4 Å². The second kappa shape index (κ2) is 7.85. The Morgan fingerprint density at radius 2 is 1.16 bits per heavy atom. The molecule has 1 unspecified atom stereocenters. The Labute approximate surface area is 149 Å². The molecule has 25 heavy (non-hydrogen) atoms. The Bertz CT molecular complexity index is 840. The van der Waals surface area contributed by atoms with Gasteiger partial charge >= 0.3 is 0 Å². The minimum absolute atomic E-state index is 0.513. The largest absolute Gasteiger partial charge is 0.497 e. The summed E-state index contributed by atoms with van der Waals surface area (Å²) in [4.78, 5) is 0.562. The number of hydrogen-bond donors (Lipinski definition) is 0. The zero-order chi connectivity index (χ0) is 17.6. The Kier molecular flexibility index (Phi) is 5.36. The summed E-state index contributed by atoms with van der Waals surface area (Å²) < 4.78 is 28.6. The molecule has 0 fully saturated rings. The lowest BCUT2D eigenvalue weighted by Gasteiger charge is -2.08. The summed E-state index contributed by atoms with van der Waals surface area (Å²) in [5.41, 5.74) is 1.17. The fraction of sp³-hybridized carbons (Fsp3) is 0.100. The molecule has 3 rings (SSSR count). The third-order valence-electron chi connectivity index (χ3n) is 3.50. The first-order valence-corrected chi connectivity index (χ1v) is 8.80. The van der Waals surface area contributed by atoms with Crippen LogP contribution in [0, 0.1) is 6.92 Å². The van der Waals surface area contributed by atoms with E-state index in [9.17, 15) is 4.21 Å². The van der Waals surface area contributed by atoms with Crippen molar-refractivity contribution in [3.63, 3.8) is 0 Å². The highest BCUT2D eigenvalue weighted by Gasteiger charge is 2.07. The molecule has 128 valence electrons. The second-order valence-corrected chi connectivity index (χ2v) is 6.49. The predicted octanol–water partition coefficient (Wildman–Crippen LogP) is 4.90. The third kappa shape index (κ3) is 4.61. The lowest BCUT2D eigenvalue weighted by Crippen LogP contribution is -2.01. The van der Waals surface area contributed by atoms with Crippen molar-refractivity contribution in [1.82, 2.24) is 0 Å². The molecule has 4 nitrogen and oxygen atoms in total. The van der Waals surface area contributed by atoms with Crippen LogP contribution in [0.2, 0.25) is 0 Å². The summed E-state index contributed by atoms with van der Waals surface area (Å²) in [6.07, 6.45) is 0. The summed E-state index contributed by atoms with van der Waals surface area (Å²) in [5, 5.41) is 0. The number of hydrogen-bond acceptors (Lipinski definition) is 4. The number of rotatable bonds is 6. The van der Waals surface area contributed by atoms with E-state index in [1.54, 1.807) is 55.6 Å². The van der Waals surface area contributed by atoms with Crippen molar-refractivity contribution < 1.29 is 17.9 Å². The molecular formula is C20H18O4S. The number of methoxy groups -OCH3 is 1. The highest BCUT2D eigenvalue weighted by Crippen LogP contribution is 2.24. The normalized spacial score (nSPS) is 11.6. The van der Waals surface area contributed by atoms with E-state index in [1.165, 1.54) is 5.56 Å². The molecule has 0 bridgehead atoms. The van der Waals surface area contributed by atoms with Gasteiger partial charge in [-0.15, -0.1) is 0 Å². The number of ether oxygens (including phenoxy) is 2. The van der Waals surface area contributed by atoms with E-state index >= 15 is 0 Å². The monoisotopic (exact) mass is 354 g/mol. The minimum atomic E-state index is -1.60. The second-order valence-electron chi connectivity index (χ2n) is 5.38. The third-order valence-corrected chi connectivity index (χ3v) is 4.51. The molecule has 1 atom stereocenters. The maximum absolute atomic E-state index is 12.3. The van der Waals surface area contributed by atoms with E-state index in [1.807, 2.05) is 31.2 Å². The van der Waals surface area contributed by atoms with E-state index in [2.05, 4.69) is 0 Å². The number of benzene rings is 3. The summed E-state index contributed by atoms with van der Waals surface area (Å²) in [7, 11) is 1.59. The van der Waals surface area contributed by atoms with Gasteiger partial charge in [-0.1, -0.05) is 17.7 Å². The molecular weight excluding hydrogens is 336 g/mol. The van der Waals surface area contributed by atoms with Crippen LogP contribution in [0.25, 0.3) is 0 Å². The van der Waals surface area contributed by atoms with Gasteiger partial charge in [-0.25, -0.2) is 4.21 Å². The Hall–Kier alpha value is -2.79. The molecule has 0 saturated heterocycles. The van der Waals surface area contributed by atoms with Gasteiger partial charge in [0.05, 0.1) is 12.0 Å². The van der Waals surface area contributed by atoms with E-state index in [0.717, 1.165) is 11.5 Å². The van der Waals surface area contributed by atoms with Crippen molar-refractivity contribution in [2.45, 2.75) is 11.8 Å². The van der Waals surface area contributed by atoms with E-state index in [4.69, 9.17) is 13.7 Å². The average Bonchev–Trinajstić information content (AvgIpc) is 2.65. The average molecular weight is 354 g/mol. The standard InChI is InChI=1S/C20H18O4S/c1-15-3-5-17(6-4-15)23-18-11-13-20(14-12-18)25(21)24-19-9-7-16(22-2)8-10-19/h3-14H,1-2H3. The van der Waals surface area contributed by atoms with E-state index in [0.29, 0.717) is 16.4 Å². The molecule has 0 aliphatic carbocycles. The molecule has 0 N–H and O–H groups in total. The molecule has 0 heterocycles. The Morgan fingerprint density at radius 1 is 0.680 bits per heavy atom. The molecule has 3 aromatic carbocycles. The van der Waals surface area contributed by atoms with Crippen LogP contribution in [0.1, 0.15) is 5.56 Å². The van der Waals surface area contributed by atoms with Gasteiger partial charge in [0.15, 0.2) is 0 Å². The van der Waals surface area contributed by atoms with Crippen LogP contribution in [-0.2, 0) is 11.1 Å². The number of aryl methyl sites for hydroxylation is 1. The molecule has 0 aromatic heterocycles. The first-order chi connectivity index (χ1) is 12.1. The van der Waals surface area contributed by atoms with Crippen LogP contribution in [0.5, 0.6) is 23.0 Å². The molecule has 0 spiro atoms. The fourth-order valence-corrected chi connectivity index (χ4v) is 2.87. The molecule has 3 aromatic rings. The predicted molar refractivity (Wildman–Crippen MR) is 97.7 cm³/mol. The fourth-order valence-electron chi connectivity index (χ4n) is 2.13. The minimum Gasteiger partial charge on any atom is -0.497 e. The zero-order valence-electron chi connectivity index (χ0n) is 14.0. The van der Waals surface area contributed by atoms with Gasteiger partial charge in [-0.2, -0.15) is 0 Å². The van der Waals surface area contributed by atoms with Crippen molar-refractivity contribution in [3.8, 4) is 23.0 Å². The lowest BCUT2D eigenvalue weighted by molar-refractivity contribution is 0.414. The highest BCUT2D eigenvalue weighted by atomic mass is 32.2. The van der Waals surface area contributed by atoms with Crippen molar-refractivity contribution in [2.24, 2.45) is 0 Å². The summed E-state index contributed by atoms with van der Waals surface area (Å²) in [5.74, 6) is 2.66. The first-order valence-electron chi connectivity index (χ1n) is 7.73. The van der Waals surface area contributed by atoms with Gasteiger partial charge in [0.25, 0.3) is 0 Å². The summed E-state index contributed by atoms with van der Waals surface area (Å²) in [6, 6.07) is 21.7. The van der Waals surface area contributed by atoms with Crippen LogP contribution in [0.4, 0.5) is 0 Å². The van der Waals surface area contributed by atoms with Gasteiger partial charge in [-0.05, 0) is 67.6 Å². The van der Waals surface area contributed by atoms with Gasteiger partial charge in [-0.3, -0.25) is 0 Å². The van der Waals surface area contributed by atoms with Crippen LogP contribution in [0.15, 0.2) is 77.7 Å². The quantitative estimate of drug-likeness (QED) is 0.632. The molecule has 0 aliphatic heterocycles. The SMILES string of the molecule is COc1ccc(OS(=O)c2ccc(Oc3ccc(C)cc3)cc2)cc1. The van der Waals surface area contributed by atoms with Gasteiger partial charge < -0.3 is 13.7 Å². The van der Waals surface area contributed by atoms with Gasteiger partial charge in [0, 0.05) is 0 Å². The molecule has 0 saturated carbocycles. The lowest BCUT2D eigenvalue weighted by atomic mass is 10.2. The van der Waals surface area contributed by atoms with Gasteiger partial charge in [0.2, 0.25) is 11.1 Å². The molecule has 0 radical (unpaired) electrons. The van der Waals surface area contributed by atoms with Crippen molar-refractivity contribution >= 4 is 11.1 Å². The Morgan fingerprint density at radius 3 is 1.72 bits per heavy atom. The molecule has 0 aliphatic rings. The maximum Gasteiger partial charge on any atom is 0.240 e. The maximum atomic E-state index is 12.3. The highest BCUT2D eigenvalue weighted by molar-refractivity contribution is 7.80. The first kappa shape index (κ1) is 17.0. The van der Waals surface area contributed by atoms with Crippen LogP contribution in [0.3, 0.4) is 0 Å².